The lowest BCUT2D eigenvalue weighted by Crippen LogP contribution is -2.39. The number of aryl methyl sites for hydroxylation is 1. The molecule has 2 aromatic heterocycles. The zero-order valence-electron chi connectivity index (χ0n) is 13.1. The molecule has 120 valence electrons. The summed E-state index contributed by atoms with van der Waals surface area (Å²) < 4.78 is 4.31. The van der Waals surface area contributed by atoms with Crippen molar-refractivity contribution in [2.75, 3.05) is 0 Å². The average Bonchev–Trinajstić information content (AvgIpc) is 2.87. The summed E-state index contributed by atoms with van der Waals surface area (Å²) in [5.74, 6) is 0.849. The lowest BCUT2D eigenvalue weighted by molar-refractivity contribution is 0.268. The van der Waals surface area contributed by atoms with E-state index in [-0.39, 0.29) is 17.9 Å². The molecule has 0 radical (unpaired) electrons. The molecule has 7 nitrogen and oxygen atoms in total. The van der Waals surface area contributed by atoms with E-state index < -0.39 is 0 Å². The molecule has 2 aromatic rings. The Hall–Kier alpha value is -1.89. The summed E-state index contributed by atoms with van der Waals surface area (Å²) in [5.41, 5.74) is 0.0763. The van der Waals surface area contributed by atoms with E-state index in [9.17, 15) is 14.7 Å². The molecule has 0 aromatic carbocycles. The lowest BCUT2D eigenvalue weighted by Gasteiger charge is -2.22. The van der Waals surface area contributed by atoms with Gasteiger partial charge >= 0.3 is 5.69 Å². The summed E-state index contributed by atoms with van der Waals surface area (Å²) in [7, 11) is 3.19. The van der Waals surface area contributed by atoms with E-state index in [0.717, 1.165) is 17.4 Å². The summed E-state index contributed by atoms with van der Waals surface area (Å²) in [6.07, 6.45) is 5.86. The first-order valence-electron chi connectivity index (χ1n) is 7.80. The Morgan fingerprint density at radius 2 is 1.82 bits per heavy atom. The molecule has 0 unspecified atom stereocenters. The third-order valence-electron chi connectivity index (χ3n) is 4.76. The SMILES string of the molecule is Cn1c(=O)c2c(nc(CO)n2C)n(CC2CCCCC2)c1=O. The van der Waals surface area contributed by atoms with Crippen LogP contribution in [-0.4, -0.2) is 23.8 Å². The van der Waals surface area contributed by atoms with Gasteiger partial charge in [0.15, 0.2) is 11.2 Å². The average molecular weight is 306 g/mol. The summed E-state index contributed by atoms with van der Waals surface area (Å²) in [5, 5.41) is 9.38. The molecule has 0 spiro atoms. The Morgan fingerprint density at radius 3 is 2.45 bits per heavy atom. The van der Waals surface area contributed by atoms with Gasteiger partial charge in [0.1, 0.15) is 12.4 Å². The number of nitrogens with zero attached hydrogens (tertiary/aromatic N) is 4. The lowest BCUT2D eigenvalue weighted by atomic mass is 9.89. The van der Waals surface area contributed by atoms with Gasteiger partial charge in [0.05, 0.1) is 0 Å². The molecule has 7 heteroatoms. The zero-order valence-corrected chi connectivity index (χ0v) is 13.1. The van der Waals surface area contributed by atoms with Crippen LogP contribution in [0.1, 0.15) is 37.9 Å². The van der Waals surface area contributed by atoms with Gasteiger partial charge in [0, 0.05) is 20.6 Å². The first kappa shape index (κ1) is 15.0. The highest BCUT2D eigenvalue weighted by molar-refractivity contribution is 5.70. The third-order valence-corrected chi connectivity index (χ3v) is 4.76. The van der Waals surface area contributed by atoms with Crippen LogP contribution in [0.5, 0.6) is 0 Å². The van der Waals surface area contributed by atoms with E-state index in [2.05, 4.69) is 4.98 Å². The van der Waals surface area contributed by atoms with Crippen molar-refractivity contribution in [2.24, 2.45) is 20.0 Å². The molecule has 0 aliphatic heterocycles. The van der Waals surface area contributed by atoms with Crippen molar-refractivity contribution in [3.05, 3.63) is 26.7 Å². The molecule has 0 amide bonds. The third kappa shape index (κ3) is 2.29. The first-order chi connectivity index (χ1) is 10.5. The Bertz CT molecular complexity index is 809. The highest BCUT2D eigenvalue weighted by Crippen LogP contribution is 2.25. The van der Waals surface area contributed by atoms with Gasteiger partial charge in [-0.25, -0.2) is 9.78 Å². The Labute approximate surface area is 127 Å². The molecule has 1 saturated carbocycles. The summed E-state index contributed by atoms with van der Waals surface area (Å²) in [6, 6.07) is 0. The van der Waals surface area contributed by atoms with Gasteiger partial charge in [-0.05, 0) is 18.8 Å². The number of imidazole rings is 1. The minimum Gasteiger partial charge on any atom is -0.388 e. The van der Waals surface area contributed by atoms with Crippen LogP contribution >= 0.6 is 0 Å². The molecule has 22 heavy (non-hydrogen) atoms. The van der Waals surface area contributed by atoms with Crippen LogP contribution in [0.15, 0.2) is 9.59 Å². The Balaban J connectivity index is 2.19. The second kappa shape index (κ2) is 5.72. The van der Waals surface area contributed by atoms with Crippen molar-refractivity contribution in [1.82, 2.24) is 18.7 Å². The van der Waals surface area contributed by atoms with Gasteiger partial charge in [-0.3, -0.25) is 13.9 Å². The molecular formula is C15H22N4O3. The number of hydrogen-bond acceptors (Lipinski definition) is 4. The molecule has 0 bridgehead atoms. The quantitative estimate of drug-likeness (QED) is 0.895. The number of hydrogen-bond donors (Lipinski definition) is 1. The fourth-order valence-electron chi connectivity index (χ4n) is 3.41. The fourth-order valence-corrected chi connectivity index (χ4v) is 3.41. The minimum atomic E-state index is -0.366. The van der Waals surface area contributed by atoms with Crippen molar-refractivity contribution in [2.45, 2.75) is 45.3 Å². The van der Waals surface area contributed by atoms with Crippen molar-refractivity contribution in [3.63, 3.8) is 0 Å². The standard InChI is InChI=1S/C15H22N4O3/c1-17-11(9-20)16-13-12(17)14(21)18(2)15(22)19(13)8-10-6-4-3-5-7-10/h10,20H,3-9H2,1-2H3. The molecule has 0 saturated heterocycles. The molecule has 1 fully saturated rings. The van der Waals surface area contributed by atoms with E-state index in [4.69, 9.17) is 0 Å². The fraction of sp³-hybridized carbons (Fsp3) is 0.667. The Kier molecular flexibility index (Phi) is 3.90. The number of aliphatic hydroxyl groups is 1. The number of aliphatic hydroxyl groups excluding tert-OH is 1. The predicted molar refractivity (Wildman–Crippen MR) is 82.7 cm³/mol. The van der Waals surface area contributed by atoms with E-state index in [0.29, 0.717) is 29.5 Å². The highest BCUT2D eigenvalue weighted by atomic mass is 16.3. The molecule has 2 heterocycles. The topological polar surface area (TPSA) is 82.1 Å². The van der Waals surface area contributed by atoms with E-state index in [1.807, 2.05) is 0 Å². The van der Waals surface area contributed by atoms with Gasteiger partial charge in [-0.15, -0.1) is 0 Å². The van der Waals surface area contributed by atoms with Crippen LogP contribution in [0.25, 0.3) is 11.2 Å². The Morgan fingerprint density at radius 1 is 1.14 bits per heavy atom. The number of rotatable bonds is 3. The molecule has 0 atom stereocenters. The molecular weight excluding hydrogens is 284 g/mol. The maximum atomic E-state index is 12.5. The zero-order chi connectivity index (χ0) is 15.9. The van der Waals surface area contributed by atoms with Crippen molar-refractivity contribution < 1.29 is 5.11 Å². The summed E-state index contributed by atoms with van der Waals surface area (Å²) in [6.45, 7) is 0.331. The van der Waals surface area contributed by atoms with Crippen molar-refractivity contribution >= 4 is 11.2 Å². The van der Waals surface area contributed by atoms with E-state index >= 15 is 0 Å². The summed E-state index contributed by atoms with van der Waals surface area (Å²) in [4.78, 5) is 29.2. The number of fused-ring (bicyclic) bond motifs is 1. The largest absolute Gasteiger partial charge is 0.388 e. The highest BCUT2D eigenvalue weighted by Gasteiger charge is 2.21. The van der Waals surface area contributed by atoms with Crippen LogP contribution in [0.4, 0.5) is 0 Å². The molecule has 1 N–H and O–H groups in total. The van der Waals surface area contributed by atoms with Crippen molar-refractivity contribution in [1.29, 1.82) is 0 Å². The van der Waals surface area contributed by atoms with Crippen LogP contribution in [0.3, 0.4) is 0 Å². The van der Waals surface area contributed by atoms with Crippen LogP contribution in [0, 0.1) is 5.92 Å². The van der Waals surface area contributed by atoms with E-state index in [1.54, 1.807) is 16.2 Å². The van der Waals surface area contributed by atoms with E-state index in [1.165, 1.54) is 26.3 Å². The van der Waals surface area contributed by atoms with Crippen LogP contribution < -0.4 is 11.2 Å². The molecule has 3 rings (SSSR count). The van der Waals surface area contributed by atoms with Crippen LogP contribution in [0.2, 0.25) is 0 Å². The molecule has 1 aliphatic carbocycles. The summed E-state index contributed by atoms with van der Waals surface area (Å²) >= 11 is 0. The maximum Gasteiger partial charge on any atom is 0.332 e. The number of aromatic nitrogens is 4. The predicted octanol–water partition coefficient (Wildman–Crippen LogP) is 0.506. The van der Waals surface area contributed by atoms with Gasteiger partial charge < -0.3 is 9.67 Å². The van der Waals surface area contributed by atoms with Gasteiger partial charge in [-0.1, -0.05) is 19.3 Å². The molecule has 1 aliphatic rings. The smallest absolute Gasteiger partial charge is 0.332 e. The second-order valence-corrected chi connectivity index (χ2v) is 6.18. The van der Waals surface area contributed by atoms with Gasteiger partial charge in [-0.2, -0.15) is 0 Å². The maximum absolute atomic E-state index is 12.5. The van der Waals surface area contributed by atoms with Crippen LogP contribution in [-0.2, 0) is 27.2 Å². The second-order valence-electron chi connectivity index (χ2n) is 6.18. The van der Waals surface area contributed by atoms with Gasteiger partial charge in [0.2, 0.25) is 0 Å². The van der Waals surface area contributed by atoms with Crippen molar-refractivity contribution in [3.8, 4) is 0 Å². The first-order valence-corrected chi connectivity index (χ1v) is 7.80. The minimum absolute atomic E-state index is 0.258. The normalized spacial score (nSPS) is 16.5. The van der Waals surface area contributed by atoms with Gasteiger partial charge in [0.25, 0.3) is 5.56 Å². The monoisotopic (exact) mass is 306 g/mol.